The third-order valence-electron chi connectivity index (χ3n) is 2.68. The van der Waals surface area contributed by atoms with Crippen LogP contribution in [0.2, 0.25) is 0 Å². The minimum absolute atomic E-state index is 0.277. The van der Waals surface area contributed by atoms with Gasteiger partial charge in [0.05, 0.1) is 11.9 Å². The fourth-order valence-electron chi connectivity index (χ4n) is 1.75. The van der Waals surface area contributed by atoms with Crippen molar-refractivity contribution >= 4 is 5.69 Å². The fourth-order valence-corrected chi connectivity index (χ4v) is 1.75. The molecule has 0 aliphatic heterocycles. The van der Waals surface area contributed by atoms with Crippen LogP contribution in [0.15, 0.2) is 18.5 Å². The molecule has 1 aromatic rings. The Balaban J connectivity index is 2.90. The average molecular weight is 275 g/mol. The van der Waals surface area contributed by atoms with Crippen molar-refractivity contribution in [2.24, 2.45) is 0 Å². The monoisotopic (exact) mass is 275 g/mol. The van der Waals surface area contributed by atoms with E-state index in [1.165, 1.54) is 11.1 Å². The lowest BCUT2D eigenvalue weighted by Crippen LogP contribution is -2.35. The largest absolute Gasteiger partial charge is 0.405 e. The van der Waals surface area contributed by atoms with Gasteiger partial charge in [0, 0.05) is 25.3 Å². The quantitative estimate of drug-likeness (QED) is 0.865. The molecule has 0 amide bonds. The third kappa shape index (κ3) is 5.46. The minimum Gasteiger partial charge on any atom is -0.361 e. The number of alkyl halides is 3. The van der Waals surface area contributed by atoms with Gasteiger partial charge < -0.3 is 10.2 Å². The molecule has 1 heterocycles. The number of halogens is 3. The normalized spacial score (nSPS) is 11.9. The van der Waals surface area contributed by atoms with Crippen LogP contribution in [-0.2, 0) is 6.54 Å². The number of pyridine rings is 1. The molecular weight excluding hydrogens is 255 g/mol. The molecule has 0 aliphatic rings. The van der Waals surface area contributed by atoms with Gasteiger partial charge in [-0.1, -0.05) is 13.8 Å². The maximum Gasteiger partial charge on any atom is 0.405 e. The van der Waals surface area contributed by atoms with E-state index in [4.69, 9.17) is 0 Å². The number of nitrogens with zero attached hydrogens (tertiary/aromatic N) is 2. The second-order valence-electron chi connectivity index (χ2n) is 4.67. The second-order valence-corrected chi connectivity index (χ2v) is 4.67. The number of hydrogen-bond acceptors (Lipinski definition) is 3. The van der Waals surface area contributed by atoms with Crippen molar-refractivity contribution in [3.8, 4) is 0 Å². The van der Waals surface area contributed by atoms with Crippen LogP contribution in [0.1, 0.15) is 26.3 Å². The van der Waals surface area contributed by atoms with Crippen LogP contribution in [0.25, 0.3) is 0 Å². The summed E-state index contributed by atoms with van der Waals surface area (Å²) in [6.07, 6.45) is -1.12. The van der Waals surface area contributed by atoms with Crippen molar-refractivity contribution in [3.05, 3.63) is 24.0 Å². The first-order chi connectivity index (χ1) is 8.83. The maximum atomic E-state index is 12.5. The maximum absolute atomic E-state index is 12.5. The van der Waals surface area contributed by atoms with Crippen LogP contribution >= 0.6 is 0 Å². The van der Waals surface area contributed by atoms with Crippen LogP contribution in [0.5, 0.6) is 0 Å². The highest BCUT2D eigenvalue weighted by atomic mass is 19.4. The van der Waals surface area contributed by atoms with Crippen molar-refractivity contribution in [3.63, 3.8) is 0 Å². The molecule has 3 nitrogen and oxygen atoms in total. The van der Waals surface area contributed by atoms with Gasteiger partial charge in [-0.2, -0.15) is 13.2 Å². The topological polar surface area (TPSA) is 28.2 Å². The molecule has 1 rings (SSSR count). The Morgan fingerprint density at radius 1 is 1.37 bits per heavy atom. The van der Waals surface area contributed by atoms with Crippen LogP contribution in [0.3, 0.4) is 0 Å². The Hall–Kier alpha value is -1.30. The molecule has 108 valence electrons. The first-order valence-electron chi connectivity index (χ1n) is 6.31. The van der Waals surface area contributed by atoms with Crippen molar-refractivity contribution < 1.29 is 13.2 Å². The molecule has 0 aromatic carbocycles. The minimum atomic E-state index is -4.21. The highest BCUT2D eigenvalue weighted by molar-refractivity contribution is 5.51. The first kappa shape index (κ1) is 15.8. The molecule has 19 heavy (non-hydrogen) atoms. The Morgan fingerprint density at radius 3 is 2.58 bits per heavy atom. The van der Waals surface area contributed by atoms with E-state index in [0.29, 0.717) is 18.8 Å². The first-order valence-corrected chi connectivity index (χ1v) is 6.31. The van der Waals surface area contributed by atoms with Gasteiger partial charge in [0.15, 0.2) is 0 Å². The average Bonchev–Trinajstić information content (AvgIpc) is 2.33. The highest BCUT2D eigenvalue weighted by Crippen LogP contribution is 2.24. The predicted molar refractivity (Wildman–Crippen MR) is 70.2 cm³/mol. The Morgan fingerprint density at radius 2 is 2.05 bits per heavy atom. The summed E-state index contributed by atoms with van der Waals surface area (Å²) in [6, 6.07) is 2.03. The summed E-state index contributed by atoms with van der Waals surface area (Å²) in [4.78, 5) is 5.23. The molecule has 0 atom stereocenters. The van der Waals surface area contributed by atoms with Gasteiger partial charge in [-0.25, -0.2) is 0 Å². The lowest BCUT2D eigenvalue weighted by atomic mass is 10.2. The van der Waals surface area contributed by atoms with E-state index in [2.05, 4.69) is 10.3 Å². The Kier molecular flexibility index (Phi) is 5.60. The van der Waals surface area contributed by atoms with Crippen molar-refractivity contribution in [2.45, 2.75) is 39.5 Å². The van der Waals surface area contributed by atoms with Gasteiger partial charge in [0.1, 0.15) is 6.54 Å². The molecule has 0 unspecified atom stereocenters. The zero-order chi connectivity index (χ0) is 14.5. The van der Waals surface area contributed by atoms with Crippen LogP contribution in [0, 0.1) is 0 Å². The molecule has 1 aromatic heterocycles. The molecule has 1 N–H and O–H groups in total. The molecular formula is C13H20F3N3. The van der Waals surface area contributed by atoms with E-state index in [-0.39, 0.29) is 6.04 Å². The van der Waals surface area contributed by atoms with Gasteiger partial charge in [0.25, 0.3) is 0 Å². The number of rotatable bonds is 6. The number of anilines is 1. The standard InChI is InChI=1S/C13H20F3N3/c1-4-19(9-13(14,15)16)12-8-17-6-5-11(12)7-18-10(2)3/h5-6,8,10,18H,4,7,9H2,1-3H3. The van der Waals surface area contributed by atoms with Gasteiger partial charge in [-0.3, -0.25) is 4.98 Å². The van der Waals surface area contributed by atoms with Crippen LogP contribution in [-0.4, -0.2) is 30.3 Å². The summed E-state index contributed by atoms with van der Waals surface area (Å²) < 4.78 is 37.6. The van der Waals surface area contributed by atoms with Gasteiger partial charge >= 0.3 is 6.18 Å². The zero-order valence-electron chi connectivity index (χ0n) is 11.5. The zero-order valence-corrected chi connectivity index (χ0v) is 11.5. The summed E-state index contributed by atoms with van der Waals surface area (Å²) >= 11 is 0. The van der Waals surface area contributed by atoms with Crippen molar-refractivity contribution in [1.29, 1.82) is 0 Å². The predicted octanol–water partition coefficient (Wildman–Crippen LogP) is 2.97. The van der Waals surface area contributed by atoms with E-state index in [9.17, 15) is 13.2 Å². The molecule has 0 aliphatic carbocycles. The number of nitrogens with one attached hydrogen (secondary N) is 1. The van der Waals surface area contributed by atoms with Crippen molar-refractivity contribution in [2.75, 3.05) is 18.0 Å². The van der Waals surface area contributed by atoms with E-state index in [1.54, 1.807) is 19.2 Å². The molecule has 0 spiro atoms. The summed E-state index contributed by atoms with van der Waals surface area (Å²) in [5.74, 6) is 0. The van der Waals surface area contributed by atoms with Gasteiger partial charge in [0.2, 0.25) is 0 Å². The lowest BCUT2D eigenvalue weighted by Gasteiger charge is -2.26. The van der Waals surface area contributed by atoms with E-state index < -0.39 is 12.7 Å². The van der Waals surface area contributed by atoms with Gasteiger partial charge in [-0.05, 0) is 18.6 Å². The third-order valence-corrected chi connectivity index (χ3v) is 2.68. The SMILES string of the molecule is CCN(CC(F)(F)F)c1cnccc1CNC(C)C. The molecule has 0 saturated heterocycles. The van der Waals surface area contributed by atoms with Crippen molar-refractivity contribution in [1.82, 2.24) is 10.3 Å². The smallest absolute Gasteiger partial charge is 0.361 e. The Bertz CT molecular complexity index is 391. The summed E-state index contributed by atoms with van der Waals surface area (Å²) in [5.41, 5.74) is 1.37. The molecule has 0 radical (unpaired) electrons. The highest BCUT2D eigenvalue weighted by Gasteiger charge is 2.31. The molecule has 0 saturated carbocycles. The second kappa shape index (κ2) is 6.75. The molecule has 0 fully saturated rings. The van der Waals surface area contributed by atoms with E-state index >= 15 is 0 Å². The van der Waals surface area contributed by atoms with E-state index in [0.717, 1.165) is 5.56 Å². The Labute approximate surface area is 111 Å². The van der Waals surface area contributed by atoms with Crippen LogP contribution in [0.4, 0.5) is 18.9 Å². The summed E-state index contributed by atoms with van der Waals surface area (Å²) in [7, 11) is 0. The summed E-state index contributed by atoms with van der Waals surface area (Å²) in [5, 5.41) is 3.21. The lowest BCUT2D eigenvalue weighted by molar-refractivity contribution is -0.119. The molecule has 6 heteroatoms. The van der Waals surface area contributed by atoms with E-state index in [1.807, 2.05) is 13.8 Å². The van der Waals surface area contributed by atoms with Gasteiger partial charge in [-0.15, -0.1) is 0 Å². The van der Waals surface area contributed by atoms with Crippen LogP contribution < -0.4 is 10.2 Å². The molecule has 0 bridgehead atoms. The number of aromatic nitrogens is 1. The fraction of sp³-hybridized carbons (Fsp3) is 0.615. The summed E-state index contributed by atoms with van der Waals surface area (Å²) in [6.45, 7) is 5.56. The number of hydrogen-bond donors (Lipinski definition) is 1.